The third-order valence-corrected chi connectivity index (χ3v) is 4.34. The number of alkyl halides is 4. The second-order valence-corrected chi connectivity index (χ2v) is 6.73. The lowest BCUT2D eigenvalue weighted by molar-refractivity contribution is -0.150. The molecule has 1 rings (SSSR count). The number of rotatable bonds is 4. The van der Waals surface area contributed by atoms with Crippen LogP contribution in [0.1, 0.15) is 11.6 Å². The van der Waals surface area contributed by atoms with E-state index in [0.717, 1.165) is 11.3 Å². The van der Waals surface area contributed by atoms with Crippen LogP contribution in [0.15, 0.2) is 13.6 Å². The predicted octanol–water partition coefficient (Wildman–Crippen LogP) is 4.43. The van der Waals surface area contributed by atoms with E-state index in [9.17, 15) is 17.6 Å². The molecule has 0 fully saturated rings. The van der Waals surface area contributed by atoms with Crippen LogP contribution in [0.5, 0.6) is 0 Å². The summed E-state index contributed by atoms with van der Waals surface area (Å²) in [6.45, 7) is 0. The first-order chi connectivity index (χ1) is 7.30. The van der Waals surface area contributed by atoms with Crippen LogP contribution in [-0.4, -0.2) is 19.4 Å². The van der Waals surface area contributed by atoms with Crippen LogP contribution in [0, 0.1) is 0 Å². The highest BCUT2D eigenvalue weighted by Crippen LogP contribution is 2.43. The molecule has 0 saturated carbocycles. The summed E-state index contributed by atoms with van der Waals surface area (Å²) in [5.41, 5.74) is 0.115. The van der Waals surface area contributed by atoms with Crippen LogP contribution in [0.2, 0.25) is 0 Å². The highest BCUT2D eigenvalue weighted by Gasteiger charge is 2.49. The quantitative estimate of drug-likeness (QED) is 0.757. The van der Waals surface area contributed by atoms with Gasteiger partial charge in [0.25, 0.3) is 0 Å². The first-order valence-corrected chi connectivity index (χ1v) is 6.49. The van der Waals surface area contributed by atoms with Crippen molar-refractivity contribution in [3.8, 4) is 0 Å². The van der Waals surface area contributed by atoms with Gasteiger partial charge in [0.15, 0.2) is 0 Å². The molecule has 0 aliphatic heterocycles. The molecule has 8 heteroatoms. The summed E-state index contributed by atoms with van der Waals surface area (Å²) in [5, 5.41) is 2.22. The number of thiophene rings is 1. The lowest BCUT2D eigenvalue weighted by atomic mass is 10.0. The molecule has 1 atom stereocenters. The van der Waals surface area contributed by atoms with Crippen LogP contribution in [-0.2, 0) is 0 Å². The Balaban J connectivity index is 3.12. The molecular formula is C8H7Br2F4NS. The maximum atomic E-state index is 13.2. The van der Waals surface area contributed by atoms with E-state index in [4.69, 9.17) is 0 Å². The van der Waals surface area contributed by atoms with Gasteiger partial charge in [-0.2, -0.15) is 8.78 Å². The number of halogens is 6. The summed E-state index contributed by atoms with van der Waals surface area (Å²) in [5.74, 6) is -4.11. The fourth-order valence-corrected chi connectivity index (χ4v) is 4.13. The summed E-state index contributed by atoms with van der Waals surface area (Å²) in [6, 6.07) is -0.323. The number of hydrogen-bond acceptors (Lipinski definition) is 2. The molecule has 0 aliphatic carbocycles. The first-order valence-electron chi connectivity index (χ1n) is 4.08. The molecule has 1 heterocycles. The van der Waals surface area contributed by atoms with Gasteiger partial charge < -0.3 is 5.32 Å². The van der Waals surface area contributed by atoms with E-state index in [2.05, 4.69) is 37.2 Å². The minimum atomic E-state index is -4.11. The maximum Gasteiger partial charge on any atom is 0.326 e. The fraction of sp³-hybridized carbons (Fsp3) is 0.500. The molecular weight excluding hydrogens is 378 g/mol. The molecule has 1 unspecified atom stereocenters. The summed E-state index contributed by atoms with van der Waals surface area (Å²) in [4.78, 5) is 0. The molecule has 0 saturated heterocycles. The van der Waals surface area contributed by atoms with E-state index < -0.39 is 18.4 Å². The van der Waals surface area contributed by atoms with Crippen LogP contribution in [0.3, 0.4) is 0 Å². The largest absolute Gasteiger partial charge is 0.326 e. The van der Waals surface area contributed by atoms with E-state index in [-0.39, 0.29) is 5.56 Å². The summed E-state index contributed by atoms with van der Waals surface area (Å²) < 4.78 is 52.0. The zero-order valence-corrected chi connectivity index (χ0v) is 11.9. The van der Waals surface area contributed by atoms with E-state index in [1.807, 2.05) is 0 Å². The van der Waals surface area contributed by atoms with Crippen molar-refractivity contribution in [1.82, 2.24) is 5.32 Å². The number of hydrogen-bond donors (Lipinski definition) is 1. The van der Waals surface area contributed by atoms with Crippen molar-refractivity contribution in [2.24, 2.45) is 0 Å². The Kier molecular flexibility index (Phi) is 4.79. The standard InChI is InChI=1S/C8H7Br2F4NS/c1-15-5(8(13,14)7(11)12)3-2-4(9)16-6(3)10/h2,5,7,15H,1H3. The zero-order valence-electron chi connectivity index (χ0n) is 7.91. The van der Waals surface area contributed by atoms with E-state index in [1.165, 1.54) is 13.1 Å². The van der Waals surface area contributed by atoms with E-state index >= 15 is 0 Å². The molecule has 16 heavy (non-hydrogen) atoms. The summed E-state index contributed by atoms with van der Waals surface area (Å²) >= 11 is 7.34. The second kappa shape index (κ2) is 5.32. The fourth-order valence-electron chi connectivity index (χ4n) is 1.23. The molecule has 1 nitrogen and oxygen atoms in total. The Morgan fingerprint density at radius 2 is 1.94 bits per heavy atom. The third-order valence-electron chi connectivity index (χ3n) is 1.96. The normalized spacial score (nSPS) is 14.5. The van der Waals surface area contributed by atoms with Crippen LogP contribution < -0.4 is 5.32 Å². The van der Waals surface area contributed by atoms with Crippen molar-refractivity contribution >= 4 is 43.2 Å². The van der Waals surface area contributed by atoms with Gasteiger partial charge in [0, 0.05) is 5.56 Å². The van der Waals surface area contributed by atoms with Crippen LogP contribution in [0.25, 0.3) is 0 Å². The average molecular weight is 385 g/mol. The topological polar surface area (TPSA) is 12.0 Å². The van der Waals surface area contributed by atoms with Crippen molar-refractivity contribution in [2.45, 2.75) is 18.4 Å². The Labute approximate surface area is 110 Å². The molecule has 0 aliphatic rings. The SMILES string of the molecule is CNC(c1cc(Br)sc1Br)C(F)(F)C(F)F. The predicted molar refractivity (Wildman–Crippen MR) is 62.5 cm³/mol. The lowest BCUT2D eigenvalue weighted by Gasteiger charge is -2.25. The second-order valence-electron chi connectivity index (χ2n) is 2.98. The number of nitrogens with one attached hydrogen (secondary N) is 1. The van der Waals surface area contributed by atoms with Crippen molar-refractivity contribution < 1.29 is 17.6 Å². The van der Waals surface area contributed by atoms with Gasteiger partial charge in [-0.15, -0.1) is 11.3 Å². The Morgan fingerprint density at radius 1 is 1.38 bits per heavy atom. The molecule has 0 radical (unpaired) electrons. The van der Waals surface area contributed by atoms with Crippen LogP contribution >= 0.6 is 43.2 Å². The Morgan fingerprint density at radius 3 is 2.25 bits per heavy atom. The summed E-state index contributed by atoms with van der Waals surface area (Å²) in [6.07, 6.45) is -3.71. The van der Waals surface area contributed by atoms with Gasteiger partial charge in [0.05, 0.1) is 7.57 Å². The average Bonchev–Trinajstić information content (AvgIpc) is 2.46. The highest BCUT2D eigenvalue weighted by molar-refractivity contribution is 9.12. The van der Waals surface area contributed by atoms with Gasteiger partial charge in [-0.25, -0.2) is 8.78 Å². The molecule has 92 valence electrons. The van der Waals surface area contributed by atoms with Gasteiger partial charge >= 0.3 is 12.3 Å². The summed E-state index contributed by atoms with van der Waals surface area (Å²) in [7, 11) is 1.22. The molecule has 1 aromatic heterocycles. The van der Waals surface area contributed by atoms with Gasteiger partial charge in [0.1, 0.15) is 6.04 Å². The van der Waals surface area contributed by atoms with Gasteiger partial charge in [-0.05, 0) is 45.0 Å². The smallest absolute Gasteiger partial charge is 0.308 e. The van der Waals surface area contributed by atoms with Crippen LogP contribution in [0.4, 0.5) is 17.6 Å². The Bertz CT molecular complexity index is 369. The van der Waals surface area contributed by atoms with E-state index in [0.29, 0.717) is 7.57 Å². The van der Waals surface area contributed by atoms with E-state index in [1.54, 1.807) is 0 Å². The van der Waals surface area contributed by atoms with Crippen molar-refractivity contribution in [3.63, 3.8) is 0 Å². The van der Waals surface area contributed by atoms with Gasteiger partial charge in [0.2, 0.25) is 0 Å². The Hall–Kier alpha value is 0.340. The molecule has 0 aromatic carbocycles. The van der Waals surface area contributed by atoms with Gasteiger partial charge in [-0.1, -0.05) is 0 Å². The van der Waals surface area contributed by atoms with Gasteiger partial charge in [-0.3, -0.25) is 0 Å². The molecule has 0 bridgehead atoms. The molecule has 0 spiro atoms. The molecule has 1 aromatic rings. The minimum Gasteiger partial charge on any atom is -0.308 e. The monoisotopic (exact) mass is 383 g/mol. The zero-order chi connectivity index (χ0) is 12.5. The first kappa shape index (κ1) is 14.4. The maximum absolute atomic E-state index is 13.2. The van der Waals surface area contributed by atoms with Crippen molar-refractivity contribution in [2.75, 3.05) is 7.05 Å². The molecule has 1 N–H and O–H groups in total. The van der Waals surface area contributed by atoms with Crippen molar-refractivity contribution in [3.05, 3.63) is 19.2 Å². The third kappa shape index (κ3) is 2.77. The lowest BCUT2D eigenvalue weighted by Crippen LogP contribution is -2.41. The minimum absolute atomic E-state index is 0.115. The molecule has 0 amide bonds. The van der Waals surface area contributed by atoms with Crippen molar-refractivity contribution in [1.29, 1.82) is 0 Å². The highest BCUT2D eigenvalue weighted by atomic mass is 79.9.